The second-order valence-corrected chi connectivity index (χ2v) is 8.40. The molecule has 0 aliphatic carbocycles. The molecule has 2 N–H and O–H groups in total. The van der Waals surface area contributed by atoms with E-state index in [1.54, 1.807) is 11.8 Å². The number of hydrogen-bond acceptors (Lipinski definition) is 6. The topological polar surface area (TPSA) is 54.6 Å². The van der Waals surface area contributed by atoms with E-state index in [4.69, 9.17) is 22.7 Å². The zero-order valence-electron chi connectivity index (χ0n) is 16.4. The van der Waals surface area contributed by atoms with Crippen LogP contribution in [0, 0.1) is 5.92 Å². The van der Waals surface area contributed by atoms with Gasteiger partial charge < -0.3 is 20.3 Å². The van der Waals surface area contributed by atoms with E-state index in [-0.39, 0.29) is 11.3 Å². The van der Waals surface area contributed by atoms with E-state index in [2.05, 4.69) is 72.0 Å². The minimum Gasteiger partial charge on any atom is -0.450 e. The Morgan fingerprint density at radius 2 is 1.86 bits per heavy atom. The Labute approximate surface area is 176 Å². The van der Waals surface area contributed by atoms with Crippen molar-refractivity contribution in [2.45, 2.75) is 38.4 Å². The van der Waals surface area contributed by atoms with Crippen molar-refractivity contribution in [2.75, 3.05) is 6.73 Å². The lowest BCUT2D eigenvalue weighted by Gasteiger charge is -2.32. The van der Waals surface area contributed by atoms with Gasteiger partial charge in [-0.2, -0.15) is 0 Å². The highest BCUT2D eigenvalue weighted by Gasteiger charge is 2.37. The van der Waals surface area contributed by atoms with Crippen LogP contribution in [0.4, 0.5) is 0 Å². The smallest absolute Gasteiger partial charge is 0.255 e. The van der Waals surface area contributed by atoms with E-state index in [1.807, 2.05) is 18.5 Å². The molecular weight excluding hydrogens is 388 g/mol. The van der Waals surface area contributed by atoms with Crippen molar-refractivity contribution in [2.24, 2.45) is 11.7 Å². The van der Waals surface area contributed by atoms with Crippen LogP contribution in [0.2, 0.25) is 0 Å². The third kappa shape index (κ3) is 4.77. The number of aromatic nitrogens is 1. The number of pyridine rings is 1. The molecular formula is C21H26N4OS2. The predicted octanol–water partition coefficient (Wildman–Crippen LogP) is 4.38. The molecule has 0 saturated carbocycles. The summed E-state index contributed by atoms with van der Waals surface area (Å²) in [6.45, 7) is 7.73. The highest BCUT2D eigenvalue weighted by atomic mass is 32.2. The molecule has 0 saturated heterocycles. The van der Waals surface area contributed by atoms with Crippen molar-refractivity contribution in [3.8, 4) is 0 Å². The summed E-state index contributed by atoms with van der Waals surface area (Å²) >= 11 is 6.71. The first-order valence-electron chi connectivity index (χ1n) is 9.29. The monoisotopic (exact) mass is 414 g/mol. The molecule has 3 rings (SSSR count). The van der Waals surface area contributed by atoms with Crippen LogP contribution in [0.15, 0.2) is 70.5 Å². The Balaban J connectivity index is 1.98. The lowest BCUT2D eigenvalue weighted by Crippen LogP contribution is -2.40. The summed E-state index contributed by atoms with van der Waals surface area (Å²) in [5.41, 5.74) is 8.05. The van der Waals surface area contributed by atoms with Crippen LogP contribution in [0.25, 0.3) is 0 Å². The predicted molar refractivity (Wildman–Crippen MR) is 118 cm³/mol. The number of hydrogen-bond donors (Lipinski definition) is 1. The average Bonchev–Trinajstić information content (AvgIpc) is 2.93. The van der Waals surface area contributed by atoms with Gasteiger partial charge in [0.25, 0.3) is 5.17 Å². The summed E-state index contributed by atoms with van der Waals surface area (Å²) in [6.07, 6.45) is 3.79. The van der Waals surface area contributed by atoms with Crippen LogP contribution >= 0.6 is 24.0 Å². The molecule has 7 heteroatoms. The third-order valence-electron chi connectivity index (χ3n) is 4.64. The fourth-order valence-corrected chi connectivity index (χ4v) is 4.66. The van der Waals surface area contributed by atoms with Gasteiger partial charge in [0.05, 0.1) is 10.7 Å². The molecule has 1 aliphatic rings. The van der Waals surface area contributed by atoms with Crippen molar-refractivity contribution >= 4 is 29.2 Å². The highest BCUT2D eigenvalue weighted by molar-refractivity contribution is 8.03. The minimum atomic E-state index is 0.0696. The maximum atomic E-state index is 5.59. The molecule has 5 nitrogen and oxygen atoms in total. The highest BCUT2D eigenvalue weighted by Crippen LogP contribution is 2.43. The Bertz CT molecular complexity index is 827. The number of ether oxygens (including phenoxy) is 1. The minimum absolute atomic E-state index is 0.0696. The second-order valence-electron chi connectivity index (χ2n) is 6.94. The number of benzene rings is 1. The van der Waals surface area contributed by atoms with E-state index in [9.17, 15) is 0 Å². The Morgan fingerprint density at radius 1 is 1.18 bits per heavy atom. The number of thioether (sulfide) groups is 1. The molecule has 0 bridgehead atoms. The molecule has 2 heterocycles. The van der Waals surface area contributed by atoms with Gasteiger partial charge in [-0.15, -0.1) is 0 Å². The molecule has 1 unspecified atom stereocenters. The molecule has 0 fully saturated rings. The van der Waals surface area contributed by atoms with Crippen LogP contribution in [-0.4, -0.2) is 32.9 Å². The lowest BCUT2D eigenvalue weighted by atomic mass is 10.1. The molecule has 0 spiro atoms. The zero-order chi connectivity index (χ0) is 20.1. The second kappa shape index (κ2) is 9.30. The van der Waals surface area contributed by atoms with Crippen LogP contribution in [0.3, 0.4) is 0 Å². The Morgan fingerprint density at radius 3 is 2.46 bits per heavy atom. The van der Waals surface area contributed by atoms with Gasteiger partial charge in [0.15, 0.2) is 6.73 Å². The Hall–Kier alpha value is -2.25. The first-order valence-corrected chi connectivity index (χ1v) is 10.5. The van der Waals surface area contributed by atoms with Crippen molar-refractivity contribution in [1.82, 2.24) is 14.8 Å². The summed E-state index contributed by atoms with van der Waals surface area (Å²) in [7, 11) is 0. The summed E-state index contributed by atoms with van der Waals surface area (Å²) in [6, 6.07) is 14.6. The van der Waals surface area contributed by atoms with E-state index >= 15 is 0 Å². The molecule has 0 amide bonds. The van der Waals surface area contributed by atoms with Crippen molar-refractivity contribution in [3.05, 3.63) is 71.1 Å². The van der Waals surface area contributed by atoms with Gasteiger partial charge in [0.2, 0.25) is 0 Å². The molecule has 28 heavy (non-hydrogen) atoms. The first kappa shape index (κ1) is 20.5. The normalized spacial score (nSPS) is 16.8. The van der Waals surface area contributed by atoms with E-state index in [1.165, 1.54) is 21.2 Å². The summed E-state index contributed by atoms with van der Waals surface area (Å²) < 4.78 is 5.53. The fourth-order valence-electron chi connectivity index (χ4n) is 3.30. The number of thiocarbonyl (C=S) groups is 1. The number of allylic oxidation sites excluding steroid dienone is 1. The molecule has 1 aromatic carbocycles. The van der Waals surface area contributed by atoms with Gasteiger partial charge >= 0.3 is 0 Å². The molecule has 1 atom stereocenters. The first-order chi connectivity index (χ1) is 13.5. The molecule has 1 aromatic heterocycles. The summed E-state index contributed by atoms with van der Waals surface area (Å²) in [5.74, 6) is 0.325. The van der Waals surface area contributed by atoms with E-state index in [0.29, 0.717) is 12.6 Å². The molecule has 0 radical (unpaired) electrons. The van der Waals surface area contributed by atoms with Gasteiger partial charge in [-0.05, 0) is 54.9 Å². The van der Waals surface area contributed by atoms with Gasteiger partial charge in [-0.3, -0.25) is 4.98 Å². The largest absolute Gasteiger partial charge is 0.450 e. The number of rotatable bonds is 7. The van der Waals surface area contributed by atoms with Gasteiger partial charge in [-0.25, -0.2) is 0 Å². The SMILES string of the molecule is CC(C)C1=C(Sc2ccccc2)N(Cc2ccncc2)C(C)N1COC(N)=S. The standard InChI is InChI=1S/C21H26N4OS2/c1-15(2)19-20(28-18-7-5-4-6-8-18)24(13-17-9-11-23-12-10-17)16(3)25(19)14-26-21(22)27/h4-12,15-16H,13-14H2,1-3H3,(H2,22,27). The van der Waals surface area contributed by atoms with Gasteiger partial charge in [-0.1, -0.05) is 43.8 Å². The molecule has 148 valence electrons. The Kier molecular flexibility index (Phi) is 6.80. The molecule has 2 aromatic rings. The summed E-state index contributed by atoms with van der Waals surface area (Å²) in [5, 5.41) is 1.30. The van der Waals surface area contributed by atoms with E-state index < -0.39 is 0 Å². The number of nitrogens with zero attached hydrogens (tertiary/aromatic N) is 3. The van der Waals surface area contributed by atoms with Crippen molar-refractivity contribution in [1.29, 1.82) is 0 Å². The quantitative estimate of drug-likeness (QED) is 0.675. The maximum Gasteiger partial charge on any atom is 0.255 e. The van der Waals surface area contributed by atoms with Crippen molar-refractivity contribution < 1.29 is 4.74 Å². The average molecular weight is 415 g/mol. The zero-order valence-corrected chi connectivity index (χ0v) is 18.0. The summed E-state index contributed by atoms with van der Waals surface area (Å²) in [4.78, 5) is 10.0. The fraction of sp³-hybridized carbons (Fsp3) is 0.333. The van der Waals surface area contributed by atoms with Crippen molar-refractivity contribution in [3.63, 3.8) is 0 Å². The van der Waals surface area contributed by atoms with Gasteiger partial charge in [0.1, 0.15) is 6.17 Å². The van der Waals surface area contributed by atoms with E-state index in [0.717, 1.165) is 6.54 Å². The maximum absolute atomic E-state index is 5.59. The van der Waals surface area contributed by atoms with Crippen LogP contribution < -0.4 is 5.73 Å². The number of nitrogens with two attached hydrogens (primary N) is 1. The lowest BCUT2D eigenvalue weighted by molar-refractivity contribution is 0.0678. The molecule has 1 aliphatic heterocycles. The van der Waals surface area contributed by atoms with Crippen LogP contribution in [0.5, 0.6) is 0 Å². The van der Waals surface area contributed by atoms with Gasteiger partial charge in [0, 0.05) is 23.8 Å². The van der Waals surface area contributed by atoms with Crippen LogP contribution in [-0.2, 0) is 11.3 Å². The third-order valence-corrected chi connectivity index (χ3v) is 5.91. The van der Waals surface area contributed by atoms with Crippen LogP contribution in [0.1, 0.15) is 26.3 Å².